The van der Waals surface area contributed by atoms with Crippen LogP contribution in [0.5, 0.6) is 5.75 Å². The third-order valence-electron chi connectivity index (χ3n) is 5.22. The second kappa shape index (κ2) is 8.69. The SMILES string of the molecule is COc1ccc2c(c1)c(C(=O)c1nnc(-c3cccnc3)o1)cn2Cc1ccc(Cl)cc1Cl. The number of halogens is 2. The van der Waals surface area contributed by atoms with Crippen molar-refractivity contribution in [2.24, 2.45) is 0 Å². The fourth-order valence-corrected chi connectivity index (χ4v) is 4.05. The van der Waals surface area contributed by atoms with E-state index in [1.165, 1.54) is 0 Å². The maximum atomic E-state index is 13.4. The Morgan fingerprint density at radius 3 is 2.76 bits per heavy atom. The van der Waals surface area contributed by atoms with Crippen LogP contribution >= 0.6 is 23.2 Å². The summed E-state index contributed by atoms with van der Waals surface area (Å²) in [6.07, 6.45) is 4.99. The van der Waals surface area contributed by atoms with E-state index < -0.39 is 5.78 Å². The van der Waals surface area contributed by atoms with Crippen molar-refractivity contribution in [2.45, 2.75) is 6.54 Å². The highest BCUT2D eigenvalue weighted by Crippen LogP contribution is 2.30. The van der Waals surface area contributed by atoms with Gasteiger partial charge >= 0.3 is 0 Å². The van der Waals surface area contributed by atoms with Gasteiger partial charge in [-0.1, -0.05) is 29.3 Å². The summed E-state index contributed by atoms with van der Waals surface area (Å²) in [5.41, 5.74) is 2.74. The van der Waals surface area contributed by atoms with Crippen LogP contribution in [0.3, 0.4) is 0 Å². The predicted octanol–water partition coefficient (Wildman–Crippen LogP) is 5.68. The number of aromatic nitrogens is 4. The van der Waals surface area contributed by atoms with Crippen molar-refractivity contribution in [3.05, 3.63) is 94.2 Å². The molecule has 0 amide bonds. The monoisotopic (exact) mass is 478 g/mol. The normalized spacial score (nSPS) is 11.1. The van der Waals surface area contributed by atoms with Crippen molar-refractivity contribution in [3.8, 4) is 17.2 Å². The molecule has 164 valence electrons. The van der Waals surface area contributed by atoms with E-state index >= 15 is 0 Å². The number of rotatable bonds is 6. The number of ether oxygens (including phenoxy) is 1. The number of carbonyl (C=O) groups excluding carboxylic acids is 1. The molecule has 0 fully saturated rings. The molecule has 0 saturated heterocycles. The van der Waals surface area contributed by atoms with Crippen LogP contribution in [-0.2, 0) is 6.54 Å². The van der Waals surface area contributed by atoms with Crippen LogP contribution in [0.1, 0.15) is 21.8 Å². The first-order chi connectivity index (χ1) is 16.0. The molecule has 2 aromatic carbocycles. The smallest absolute Gasteiger partial charge is 0.289 e. The van der Waals surface area contributed by atoms with Gasteiger partial charge < -0.3 is 13.7 Å². The van der Waals surface area contributed by atoms with Gasteiger partial charge in [-0.2, -0.15) is 0 Å². The zero-order valence-electron chi connectivity index (χ0n) is 17.3. The van der Waals surface area contributed by atoms with E-state index in [1.54, 1.807) is 56.0 Å². The Labute approximate surface area is 198 Å². The summed E-state index contributed by atoms with van der Waals surface area (Å²) in [6, 6.07) is 14.4. The summed E-state index contributed by atoms with van der Waals surface area (Å²) in [6.45, 7) is 0.441. The highest BCUT2D eigenvalue weighted by atomic mass is 35.5. The molecule has 0 aliphatic rings. The van der Waals surface area contributed by atoms with Gasteiger partial charge in [0.15, 0.2) is 0 Å². The lowest BCUT2D eigenvalue weighted by Gasteiger charge is -2.08. The van der Waals surface area contributed by atoms with Crippen molar-refractivity contribution in [1.29, 1.82) is 0 Å². The lowest BCUT2D eigenvalue weighted by Crippen LogP contribution is -2.02. The fraction of sp³-hybridized carbons (Fsp3) is 0.0833. The minimum absolute atomic E-state index is 0.111. The first-order valence-electron chi connectivity index (χ1n) is 9.93. The molecule has 0 aliphatic heterocycles. The van der Waals surface area contributed by atoms with E-state index in [1.807, 2.05) is 22.8 Å². The number of methoxy groups -OCH3 is 1. The van der Waals surface area contributed by atoms with Crippen molar-refractivity contribution >= 4 is 39.9 Å². The maximum absolute atomic E-state index is 13.4. The third kappa shape index (κ3) is 4.08. The van der Waals surface area contributed by atoms with Crippen molar-refractivity contribution in [3.63, 3.8) is 0 Å². The lowest BCUT2D eigenvalue weighted by molar-refractivity contribution is 0.100. The van der Waals surface area contributed by atoms with Gasteiger partial charge in [0.25, 0.3) is 11.7 Å². The van der Waals surface area contributed by atoms with Crippen LogP contribution in [0.4, 0.5) is 0 Å². The average Bonchev–Trinajstić information content (AvgIpc) is 3.46. The molecule has 0 N–H and O–H groups in total. The van der Waals surface area contributed by atoms with Gasteiger partial charge in [-0.05, 0) is 48.0 Å². The van der Waals surface area contributed by atoms with E-state index in [9.17, 15) is 4.79 Å². The Kier molecular flexibility index (Phi) is 5.58. The fourth-order valence-electron chi connectivity index (χ4n) is 3.58. The molecule has 0 unspecified atom stereocenters. The quantitative estimate of drug-likeness (QED) is 0.292. The van der Waals surface area contributed by atoms with E-state index in [2.05, 4.69) is 15.2 Å². The van der Waals surface area contributed by atoms with Gasteiger partial charge in [-0.15, -0.1) is 10.2 Å². The molecule has 3 aromatic heterocycles. The molecule has 0 radical (unpaired) electrons. The van der Waals surface area contributed by atoms with Gasteiger partial charge in [0, 0.05) is 46.1 Å². The summed E-state index contributed by atoms with van der Waals surface area (Å²) < 4.78 is 13.0. The average molecular weight is 479 g/mol. The van der Waals surface area contributed by atoms with E-state index in [0.29, 0.717) is 38.9 Å². The highest BCUT2D eigenvalue weighted by molar-refractivity contribution is 6.35. The molecule has 0 atom stereocenters. The summed E-state index contributed by atoms with van der Waals surface area (Å²) in [5.74, 6) is 0.346. The van der Waals surface area contributed by atoms with Crippen molar-refractivity contribution in [2.75, 3.05) is 7.11 Å². The first kappa shape index (κ1) is 21.2. The molecule has 0 bridgehead atoms. The molecule has 0 saturated carbocycles. The van der Waals surface area contributed by atoms with Crippen LogP contribution in [0.15, 0.2) is 71.5 Å². The molecular formula is C24H16Cl2N4O3. The van der Waals surface area contributed by atoms with Crippen molar-refractivity contribution < 1.29 is 13.9 Å². The number of pyridine rings is 1. The van der Waals surface area contributed by atoms with Crippen LogP contribution < -0.4 is 4.74 Å². The summed E-state index contributed by atoms with van der Waals surface area (Å²) in [4.78, 5) is 17.4. The minimum atomic E-state index is -0.392. The zero-order valence-corrected chi connectivity index (χ0v) is 18.8. The third-order valence-corrected chi connectivity index (χ3v) is 5.80. The number of nitrogens with zero attached hydrogens (tertiary/aromatic N) is 4. The second-order valence-electron chi connectivity index (χ2n) is 7.27. The predicted molar refractivity (Wildman–Crippen MR) is 125 cm³/mol. The van der Waals surface area contributed by atoms with Crippen LogP contribution in [0.25, 0.3) is 22.4 Å². The molecular weight excluding hydrogens is 463 g/mol. The highest BCUT2D eigenvalue weighted by Gasteiger charge is 2.23. The number of hydrogen-bond acceptors (Lipinski definition) is 6. The standard InChI is InChI=1S/C24H16Cl2N4O3/c1-32-17-6-7-21-18(10-17)19(13-30(21)12-15-4-5-16(25)9-20(15)26)22(31)24-29-28-23(33-24)14-3-2-8-27-11-14/h2-11,13H,12H2,1H3. The van der Waals surface area contributed by atoms with Gasteiger partial charge in [-0.25, -0.2) is 0 Å². The largest absolute Gasteiger partial charge is 0.497 e. The number of carbonyl (C=O) groups is 1. The minimum Gasteiger partial charge on any atom is -0.497 e. The second-order valence-corrected chi connectivity index (χ2v) is 8.12. The Morgan fingerprint density at radius 1 is 1.12 bits per heavy atom. The van der Waals surface area contributed by atoms with Crippen LogP contribution in [0.2, 0.25) is 10.0 Å². The summed E-state index contributed by atoms with van der Waals surface area (Å²) >= 11 is 12.4. The van der Waals surface area contributed by atoms with Crippen LogP contribution in [-0.4, -0.2) is 32.6 Å². The first-order valence-corrected chi connectivity index (χ1v) is 10.7. The molecule has 0 spiro atoms. The van der Waals surface area contributed by atoms with Crippen molar-refractivity contribution in [1.82, 2.24) is 19.7 Å². The van der Waals surface area contributed by atoms with Crippen LogP contribution in [0, 0.1) is 0 Å². The van der Waals surface area contributed by atoms with Gasteiger partial charge in [0.2, 0.25) is 5.89 Å². The van der Waals surface area contributed by atoms with Gasteiger partial charge in [0.1, 0.15) is 5.75 Å². The Morgan fingerprint density at radius 2 is 2.00 bits per heavy atom. The van der Waals surface area contributed by atoms with Gasteiger partial charge in [0.05, 0.1) is 18.2 Å². The molecule has 9 heteroatoms. The Bertz CT molecular complexity index is 1480. The maximum Gasteiger partial charge on any atom is 0.289 e. The summed E-state index contributed by atoms with van der Waals surface area (Å²) in [5, 5.41) is 9.77. The number of ketones is 1. The number of benzene rings is 2. The molecule has 0 aliphatic carbocycles. The molecule has 5 aromatic rings. The molecule has 7 nitrogen and oxygen atoms in total. The van der Waals surface area contributed by atoms with E-state index in [0.717, 1.165) is 11.1 Å². The Hall–Kier alpha value is -3.68. The zero-order chi connectivity index (χ0) is 22.9. The van der Waals surface area contributed by atoms with E-state index in [4.69, 9.17) is 32.4 Å². The van der Waals surface area contributed by atoms with E-state index in [-0.39, 0.29) is 11.8 Å². The Balaban J connectivity index is 1.57. The topological polar surface area (TPSA) is 83.0 Å². The lowest BCUT2D eigenvalue weighted by atomic mass is 10.1. The van der Waals surface area contributed by atoms with Gasteiger partial charge in [-0.3, -0.25) is 9.78 Å². The summed E-state index contributed by atoms with van der Waals surface area (Å²) in [7, 11) is 1.57. The molecule has 33 heavy (non-hydrogen) atoms. The number of fused-ring (bicyclic) bond motifs is 1. The molecule has 5 rings (SSSR count). The molecule has 3 heterocycles. The number of hydrogen-bond donors (Lipinski definition) is 0.